The van der Waals surface area contributed by atoms with Gasteiger partial charge in [0.25, 0.3) is 0 Å². The standard InChI is InChI=1S/C17H19N7OS/c25-16(14-3-1-2-10-24-15(14)21-22-23-24)19-9-6-13-11-26-17(20-13)12-4-7-18-8-5-12/h4-5,7-8,11,14H,1-3,6,9-10H2,(H,19,25)/t14-/m1/s1. The SMILES string of the molecule is O=C(NCCc1csc(-c2ccncc2)n1)[C@@H]1CCCCn2nnnc21. The second kappa shape index (κ2) is 7.69. The third-order valence-corrected chi connectivity index (χ3v) is 5.40. The highest BCUT2D eigenvalue weighted by molar-refractivity contribution is 7.13. The van der Waals surface area contributed by atoms with Gasteiger partial charge in [0.15, 0.2) is 5.82 Å². The molecular formula is C17H19N7OS. The van der Waals surface area contributed by atoms with Crippen LogP contribution >= 0.6 is 11.3 Å². The van der Waals surface area contributed by atoms with E-state index >= 15 is 0 Å². The first-order valence-corrected chi connectivity index (χ1v) is 9.58. The minimum absolute atomic E-state index is 0.00691. The summed E-state index contributed by atoms with van der Waals surface area (Å²) in [5.41, 5.74) is 2.04. The molecule has 0 aliphatic carbocycles. The summed E-state index contributed by atoms with van der Waals surface area (Å²) in [5, 5.41) is 17.7. The zero-order valence-corrected chi connectivity index (χ0v) is 15.0. The van der Waals surface area contributed by atoms with Crippen molar-refractivity contribution < 1.29 is 4.79 Å². The monoisotopic (exact) mass is 369 g/mol. The lowest BCUT2D eigenvalue weighted by molar-refractivity contribution is -0.122. The van der Waals surface area contributed by atoms with Crippen LogP contribution in [-0.4, -0.2) is 42.6 Å². The number of aryl methyl sites for hydroxylation is 1. The normalized spacial score (nSPS) is 16.7. The number of nitrogens with zero attached hydrogens (tertiary/aromatic N) is 6. The number of carbonyl (C=O) groups is 1. The van der Waals surface area contributed by atoms with Gasteiger partial charge < -0.3 is 5.32 Å². The molecule has 1 amide bonds. The fraction of sp³-hybridized carbons (Fsp3) is 0.412. The molecule has 0 aromatic carbocycles. The average molecular weight is 369 g/mol. The molecule has 8 nitrogen and oxygen atoms in total. The fourth-order valence-electron chi connectivity index (χ4n) is 3.09. The van der Waals surface area contributed by atoms with Crippen molar-refractivity contribution in [3.63, 3.8) is 0 Å². The molecule has 0 unspecified atom stereocenters. The lowest BCUT2D eigenvalue weighted by atomic mass is 10.0. The van der Waals surface area contributed by atoms with Crippen molar-refractivity contribution in [2.75, 3.05) is 6.54 Å². The maximum Gasteiger partial charge on any atom is 0.230 e. The number of amides is 1. The van der Waals surface area contributed by atoms with Crippen LogP contribution in [-0.2, 0) is 17.8 Å². The van der Waals surface area contributed by atoms with E-state index in [1.54, 1.807) is 28.4 Å². The number of carbonyl (C=O) groups excluding carboxylic acids is 1. The highest BCUT2D eigenvalue weighted by Crippen LogP contribution is 2.24. The molecular weight excluding hydrogens is 350 g/mol. The number of hydrogen-bond donors (Lipinski definition) is 1. The Bertz CT molecular complexity index is 876. The molecule has 0 radical (unpaired) electrons. The van der Waals surface area contributed by atoms with Crippen LogP contribution in [0.4, 0.5) is 0 Å². The summed E-state index contributed by atoms with van der Waals surface area (Å²) in [6.07, 6.45) is 7.00. The van der Waals surface area contributed by atoms with Crippen LogP contribution in [0.1, 0.15) is 36.7 Å². The molecule has 3 aromatic rings. The summed E-state index contributed by atoms with van der Waals surface area (Å²) in [6, 6.07) is 3.89. The summed E-state index contributed by atoms with van der Waals surface area (Å²) in [4.78, 5) is 21.2. The number of nitrogens with one attached hydrogen (secondary N) is 1. The summed E-state index contributed by atoms with van der Waals surface area (Å²) in [5.74, 6) is 0.400. The first-order valence-electron chi connectivity index (χ1n) is 8.70. The van der Waals surface area contributed by atoms with Crippen molar-refractivity contribution in [2.45, 2.75) is 38.1 Å². The van der Waals surface area contributed by atoms with Gasteiger partial charge in [-0.1, -0.05) is 6.42 Å². The van der Waals surface area contributed by atoms with E-state index in [1.807, 2.05) is 17.5 Å². The van der Waals surface area contributed by atoms with Crippen LogP contribution in [0.3, 0.4) is 0 Å². The molecule has 0 saturated carbocycles. The van der Waals surface area contributed by atoms with Crippen molar-refractivity contribution in [3.05, 3.63) is 41.4 Å². The minimum atomic E-state index is -0.268. The quantitative estimate of drug-likeness (QED) is 0.736. The highest BCUT2D eigenvalue weighted by atomic mass is 32.1. The number of aromatic nitrogens is 6. The Morgan fingerprint density at radius 3 is 3.08 bits per heavy atom. The molecule has 9 heteroatoms. The predicted octanol–water partition coefficient (Wildman–Crippen LogP) is 1.82. The number of rotatable bonds is 5. The number of fused-ring (bicyclic) bond motifs is 1. The van der Waals surface area contributed by atoms with E-state index in [9.17, 15) is 4.79 Å². The van der Waals surface area contributed by atoms with Gasteiger partial charge in [-0.15, -0.1) is 16.4 Å². The zero-order chi connectivity index (χ0) is 17.8. The average Bonchev–Trinajstić information content (AvgIpc) is 3.28. The van der Waals surface area contributed by atoms with Crippen molar-refractivity contribution >= 4 is 17.2 Å². The van der Waals surface area contributed by atoms with Crippen molar-refractivity contribution in [1.82, 2.24) is 35.5 Å². The fourth-order valence-corrected chi connectivity index (χ4v) is 3.95. The van der Waals surface area contributed by atoms with Crippen molar-refractivity contribution in [1.29, 1.82) is 0 Å². The molecule has 1 atom stereocenters. The Morgan fingerprint density at radius 1 is 1.31 bits per heavy atom. The molecule has 1 aliphatic heterocycles. The molecule has 0 bridgehead atoms. The van der Waals surface area contributed by atoms with Gasteiger partial charge in [-0.3, -0.25) is 9.78 Å². The lowest BCUT2D eigenvalue weighted by Gasteiger charge is -2.13. The number of hydrogen-bond acceptors (Lipinski definition) is 7. The third-order valence-electron chi connectivity index (χ3n) is 4.46. The summed E-state index contributed by atoms with van der Waals surface area (Å²) in [6.45, 7) is 1.33. The molecule has 26 heavy (non-hydrogen) atoms. The molecule has 134 valence electrons. The largest absolute Gasteiger partial charge is 0.355 e. The van der Waals surface area contributed by atoms with E-state index in [-0.39, 0.29) is 11.8 Å². The Labute approximate surface area is 154 Å². The Hall–Kier alpha value is -2.68. The number of pyridine rings is 1. The molecule has 1 aliphatic rings. The number of thiazole rings is 1. The van der Waals surface area contributed by atoms with Gasteiger partial charge in [-0.2, -0.15) is 0 Å². The zero-order valence-electron chi connectivity index (χ0n) is 14.2. The highest BCUT2D eigenvalue weighted by Gasteiger charge is 2.28. The molecule has 1 N–H and O–H groups in total. The Morgan fingerprint density at radius 2 is 2.19 bits per heavy atom. The van der Waals surface area contributed by atoms with Crippen molar-refractivity contribution in [3.8, 4) is 10.6 Å². The van der Waals surface area contributed by atoms with E-state index < -0.39 is 0 Å². The molecule has 0 fully saturated rings. The first kappa shape index (κ1) is 16.8. The maximum absolute atomic E-state index is 12.6. The van der Waals surface area contributed by atoms with E-state index in [4.69, 9.17) is 0 Å². The summed E-state index contributed by atoms with van der Waals surface area (Å²) in [7, 11) is 0. The van der Waals surface area contributed by atoms with Crippen molar-refractivity contribution in [2.24, 2.45) is 0 Å². The van der Waals surface area contributed by atoms with Gasteiger partial charge >= 0.3 is 0 Å². The lowest BCUT2D eigenvalue weighted by Crippen LogP contribution is -2.32. The van der Waals surface area contributed by atoms with Crippen LogP contribution in [0.5, 0.6) is 0 Å². The second-order valence-corrected chi connectivity index (χ2v) is 7.09. The van der Waals surface area contributed by atoms with E-state index in [0.717, 1.165) is 42.1 Å². The van der Waals surface area contributed by atoms with E-state index in [0.29, 0.717) is 18.8 Å². The Balaban J connectivity index is 1.34. The van der Waals surface area contributed by atoms with Gasteiger partial charge in [0.2, 0.25) is 5.91 Å². The second-order valence-electron chi connectivity index (χ2n) is 6.23. The molecule has 4 heterocycles. The van der Waals surface area contributed by atoms with Crippen LogP contribution in [0.15, 0.2) is 29.9 Å². The van der Waals surface area contributed by atoms with Gasteiger partial charge in [-0.25, -0.2) is 9.67 Å². The van der Waals surface area contributed by atoms with Gasteiger partial charge in [0, 0.05) is 42.8 Å². The molecule has 0 spiro atoms. The smallest absolute Gasteiger partial charge is 0.230 e. The topological polar surface area (TPSA) is 98.5 Å². The summed E-state index contributed by atoms with van der Waals surface area (Å²) >= 11 is 1.60. The van der Waals surface area contributed by atoms with E-state index in [1.165, 1.54) is 0 Å². The molecule has 0 saturated heterocycles. The third kappa shape index (κ3) is 3.62. The predicted molar refractivity (Wildman–Crippen MR) is 96.5 cm³/mol. The van der Waals surface area contributed by atoms with Gasteiger partial charge in [0.1, 0.15) is 5.01 Å². The number of tetrazole rings is 1. The molecule has 4 rings (SSSR count). The molecule has 3 aromatic heterocycles. The minimum Gasteiger partial charge on any atom is -0.355 e. The Kier molecular flexibility index (Phi) is 4.96. The summed E-state index contributed by atoms with van der Waals surface area (Å²) < 4.78 is 1.75. The maximum atomic E-state index is 12.6. The van der Waals surface area contributed by atoms with Crippen LogP contribution in [0.25, 0.3) is 10.6 Å². The van der Waals surface area contributed by atoms with Crippen LogP contribution in [0.2, 0.25) is 0 Å². The van der Waals surface area contributed by atoms with E-state index in [2.05, 4.69) is 30.8 Å². The van der Waals surface area contributed by atoms with Gasteiger partial charge in [0.05, 0.1) is 11.6 Å². The van der Waals surface area contributed by atoms with Crippen LogP contribution < -0.4 is 5.32 Å². The van der Waals surface area contributed by atoms with Crippen LogP contribution in [0, 0.1) is 0 Å². The first-order chi connectivity index (χ1) is 12.8. The van der Waals surface area contributed by atoms with Gasteiger partial charge in [-0.05, 0) is 35.4 Å².